The van der Waals surface area contributed by atoms with Gasteiger partial charge in [-0.05, 0) is 217 Å². The van der Waals surface area contributed by atoms with Crippen molar-refractivity contribution in [2.45, 2.75) is 161 Å². The fourth-order valence-corrected chi connectivity index (χ4v) is 18.7. The second-order valence-electron chi connectivity index (χ2n) is 24.8. The Morgan fingerprint density at radius 1 is 0.609 bits per heavy atom. The van der Waals surface area contributed by atoms with E-state index in [4.69, 9.17) is 24.4 Å². The molecule has 2 aromatic heterocycles. The molecule has 1 N–H and O–H groups in total. The van der Waals surface area contributed by atoms with Crippen molar-refractivity contribution in [3.63, 3.8) is 0 Å². The molecular weight excluding hydrogens is 865 g/mol. The lowest BCUT2D eigenvalue weighted by molar-refractivity contribution is -0.138. The van der Waals surface area contributed by atoms with E-state index < -0.39 is 11.2 Å². The molecule has 8 fully saturated rings. The summed E-state index contributed by atoms with van der Waals surface area (Å²) in [7, 11) is 1.80. The van der Waals surface area contributed by atoms with Crippen LogP contribution < -0.4 is 4.74 Å². The van der Waals surface area contributed by atoms with Crippen molar-refractivity contribution >= 4 is 33.6 Å². The van der Waals surface area contributed by atoms with E-state index in [-0.39, 0.29) is 41.5 Å². The molecule has 12 rings (SSSR count). The second-order valence-corrected chi connectivity index (χ2v) is 24.8. The number of ether oxygens (including phenoxy) is 3. The number of aromatic nitrogens is 6. The second kappa shape index (κ2) is 17.8. The fraction of sp³-hybridized carbons (Fsp3) is 0.754. The summed E-state index contributed by atoms with van der Waals surface area (Å²) >= 11 is 0. The van der Waals surface area contributed by atoms with Gasteiger partial charge >= 0.3 is 0 Å². The van der Waals surface area contributed by atoms with Gasteiger partial charge in [-0.2, -0.15) is 30.0 Å². The third-order valence-corrected chi connectivity index (χ3v) is 21.6. The number of benzene rings is 2. The van der Waals surface area contributed by atoms with Crippen molar-refractivity contribution in [1.29, 1.82) is 0 Å². The van der Waals surface area contributed by atoms with Gasteiger partial charge in [0, 0.05) is 31.6 Å². The first-order chi connectivity index (χ1) is 33.4. The van der Waals surface area contributed by atoms with Gasteiger partial charge < -0.3 is 19.3 Å². The number of fused-ring (bicyclic) bond motifs is 12. The molecule has 0 amide bonds. The van der Waals surface area contributed by atoms with E-state index in [1.807, 2.05) is 49.4 Å². The molecule has 0 saturated heterocycles. The topological polar surface area (TPSA) is 143 Å². The Morgan fingerprint density at radius 2 is 1.14 bits per heavy atom. The summed E-state index contributed by atoms with van der Waals surface area (Å²) in [5.41, 5.74) is 2.27. The molecule has 8 aliphatic carbocycles. The summed E-state index contributed by atoms with van der Waals surface area (Å²) in [5.74, 6) is 8.11. The number of hydrogen-bond donors (Lipinski definition) is 1. The Bertz CT molecular complexity index is 2530. The average Bonchev–Trinajstić information content (AvgIpc) is 4.12. The van der Waals surface area contributed by atoms with Gasteiger partial charge in [0.1, 0.15) is 46.5 Å². The Balaban J connectivity index is 0.671. The molecular formula is C57H78N6O6. The van der Waals surface area contributed by atoms with Crippen molar-refractivity contribution in [1.82, 2.24) is 30.0 Å². The predicted octanol–water partition coefficient (Wildman–Crippen LogP) is 10.1. The Morgan fingerprint density at radius 3 is 1.72 bits per heavy atom. The highest BCUT2D eigenvalue weighted by atomic mass is 16.5. The smallest absolute Gasteiger partial charge is 0.159 e. The van der Waals surface area contributed by atoms with Gasteiger partial charge in [-0.3, -0.25) is 9.59 Å². The molecule has 0 bridgehead atoms. The molecule has 0 aliphatic heterocycles. The highest BCUT2D eigenvalue weighted by Gasteiger charge is 2.61. The minimum Gasteiger partial charge on any atom is -0.485 e. The molecule has 0 radical (unpaired) electrons. The van der Waals surface area contributed by atoms with Crippen LogP contribution >= 0.6 is 0 Å². The number of hydrogen-bond acceptors (Lipinski definition) is 10. The summed E-state index contributed by atoms with van der Waals surface area (Å²) in [6.45, 7) is 9.05. The Labute approximate surface area is 408 Å². The lowest BCUT2D eigenvalue weighted by Crippen LogP contribution is -2.54. The van der Waals surface area contributed by atoms with E-state index in [1.165, 1.54) is 38.5 Å². The first-order valence-corrected chi connectivity index (χ1v) is 27.6. The number of rotatable bonds is 13. The molecule has 8 saturated carbocycles. The van der Waals surface area contributed by atoms with E-state index in [9.17, 15) is 14.7 Å². The molecule has 0 spiro atoms. The van der Waals surface area contributed by atoms with Gasteiger partial charge in [0.05, 0.1) is 18.8 Å². The zero-order valence-electron chi connectivity index (χ0n) is 41.9. The minimum atomic E-state index is -0.660. The summed E-state index contributed by atoms with van der Waals surface area (Å²) in [6.07, 6.45) is 19.8. The molecule has 16 atom stereocenters. The van der Waals surface area contributed by atoms with Gasteiger partial charge in [0.2, 0.25) is 0 Å². The number of aliphatic hydroxyl groups is 1. The van der Waals surface area contributed by atoms with E-state index in [0.29, 0.717) is 78.9 Å². The third-order valence-electron chi connectivity index (χ3n) is 21.6. The maximum atomic E-state index is 14.3. The van der Waals surface area contributed by atoms with Gasteiger partial charge in [-0.25, -0.2) is 0 Å². The monoisotopic (exact) mass is 943 g/mol. The van der Waals surface area contributed by atoms with Gasteiger partial charge in [-0.15, -0.1) is 0 Å². The zero-order valence-corrected chi connectivity index (χ0v) is 41.9. The van der Waals surface area contributed by atoms with Crippen LogP contribution in [0.3, 0.4) is 0 Å². The van der Waals surface area contributed by atoms with Gasteiger partial charge in [0.25, 0.3) is 0 Å². The number of ketones is 2. The van der Waals surface area contributed by atoms with Crippen LogP contribution in [0.15, 0.2) is 42.5 Å². The first kappa shape index (κ1) is 46.3. The van der Waals surface area contributed by atoms with Crippen LogP contribution in [0, 0.1) is 81.8 Å². The summed E-state index contributed by atoms with van der Waals surface area (Å²) < 4.78 is 18.8. The van der Waals surface area contributed by atoms with Crippen LogP contribution in [-0.4, -0.2) is 84.8 Å². The normalized spacial score (nSPS) is 41.4. The fourth-order valence-electron chi connectivity index (χ4n) is 18.7. The van der Waals surface area contributed by atoms with E-state index >= 15 is 0 Å². The van der Waals surface area contributed by atoms with Crippen molar-refractivity contribution in [2.24, 2.45) is 81.8 Å². The highest BCUT2D eigenvalue weighted by molar-refractivity contribution is 5.83. The van der Waals surface area contributed by atoms with E-state index in [0.717, 1.165) is 111 Å². The molecule has 12 nitrogen and oxygen atoms in total. The van der Waals surface area contributed by atoms with Crippen molar-refractivity contribution in [2.75, 3.05) is 26.9 Å². The molecule has 69 heavy (non-hydrogen) atoms. The van der Waals surface area contributed by atoms with Crippen LogP contribution in [0.5, 0.6) is 5.75 Å². The first-order valence-electron chi connectivity index (χ1n) is 27.6. The third kappa shape index (κ3) is 8.02. The number of methoxy groups -OCH3 is 1. The van der Waals surface area contributed by atoms with Gasteiger partial charge in [0.15, 0.2) is 11.6 Å². The quantitative estimate of drug-likeness (QED) is 0.138. The summed E-state index contributed by atoms with van der Waals surface area (Å²) in [6, 6.07) is 13.9. The average molecular weight is 943 g/mol. The van der Waals surface area contributed by atoms with Crippen LogP contribution in [-0.2, 0) is 32.2 Å². The SMILES string of the molecule is CCOC[C@@]1(O)CCC2[C@@H](CCC3[C@@H]2CC[C@]2(C)[C@@H](C(=O)Cn4nc5ccc(O[C@]6(COC)CCC7[C@@H](CC[C@@H]8[C@@H]7CC[C@]7(C)[C@@H](C(=O)Cn9nc%10ccccc%10n9)CC[C@@H]87)C6)cc5n4)CC[C@@H]32)C1. The number of Topliss-reactive ketones (excluding diaryl/α,β-unsaturated/α-hetero) is 2. The standard InChI is InChI=1S/C57H78N6O6/c1-5-68-33-56(66)26-22-38-35(29-56)10-13-42-40(38)20-24-54(2)44(42)15-18-47(54)53(65)32-63-60-50-19-12-37(28-51(50)61-63)69-57(34-67-4)27-23-39-36(30-57)11-14-43-41(39)21-25-55(3)45(43)16-17-46(55)52(64)31-62-58-48-8-6-7-9-49(48)59-62/h6-9,12,19,28,35-36,38-47,66H,5,10-11,13-18,20-27,29-34H2,1-4H3/t35-,36-,38?,39?,40+,41+,42?,43+,44-,45-,46+,47+,54-,55-,56+,57+/m0/s1. The van der Waals surface area contributed by atoms with Crippen LogP contribution in [0.1, 0.15) is 136 Å². The molecule has 8 aliphatic rings. The lowest BCUT2D eigenvalue weighted by Gasteiger charge is -2.57. The number of carbonyl (C=O) groups is 2. The van der Waals surface area contributed by atoms with Crippen molar-refractivity contribution in [3.8, 4) is 5.75 Å². The van der Waals surface area contributed by atoms with Crippen LogP contribution in [0.4, 0.5) is 0 Å². The molecule has 4 aromatic rings. The maximum absolute atomic E-state index is 14.3. The predicted molar refractivity (Wildman–Crippen MR) is 263 cm³/mol. The van der Waals surface area contributed by atoms with Gasteiger partial charge in [-0.1, -0.05) is 26.0 Å². The Kier molecular flexibility index (Phi) is 11.9. The largest absolute Gasteiger partial charge is 0.485 e. The number of carbonyl (C=O) groups excluding carboxylic acids is 2. The molecule has 372 valence electrons. The summed E-state index contributed by atoms with van der Waals surface area (Å²) in [4.78, 5) is 31.6. The van der Waals surface area contributed by atoms with Crippen LogP contribution in [0.25, 0.3) is 22.1 Å². The molecule has 2 aromatic carbocycles. The highest BCUT2D eigenvalue weighted by Crippen LogP contribution is 2.66. The van der Waals surface area contributed by atoms with E-state index in [2.05, 4.69) is 24.0 Å². The molecule has 2 heterocycles. The lowest BCUT2D eigenvalue weighted by atomic mass is 9.49. The Hall–Kier alpha value is -3.74. The molecule has 3 unspecified atom stereocenters. The number of nitrogens with zero attached hydrogens (tertiary/aromatic N) is 6. The van der Waals surface area contributed by atoms with Crippen LogP contribution in [0.2, 0.25) is 0 Å². The molecule has 12 heteroatoms. The van der Waals surface area contributed by atoms with Crippen molar-refractivity contribution in [3.05, 3.63) is 42.5 Å². The minimum absolute atomic E-state index is 0.0321. The maximum Gasteiger partial charge on any atom is 0.159 e. The summed E-state index contributed by atoms with van der Waals surface area (Å²) in [5, 5.41) is 30.4. The van der Waals surface area contributed by atoms with Crippen molar-refractivity contribution < 1.29 is 28.9 Å². The van der Waals surface area contributed by atoms with E-state index in [1.54, 1.807) is 16.7 Å². The zero-order chi connectivity index (χ0) is 47.3.